The Morgan fingerprint density at radius 3 is 2.57 bits per heavy atom. The maximum Gasteiger partial charge on any atom is 0.0936 e. The molecule has 0 fully saturated rings. The van der Waals surface area contributed by atoms with Gasteiger partial charge in [-0.25, -0.2) is 4.98 Å². The first-order chi connectivity index (χ1) is 10.1. The van der Waals surface area contributed by atoms with Crippen LogP contribution in [0.3, 0.4) is 0 Å². The molecule has 0 spiro atoms. The minimum absolute atomic E-state index is 0.334. The molecule has 0 saturated carbocycles. The van der Waals surface area contributed by atoms with Gasteiger partial charge in [0.2, 0.25) is 0 Å². The summed E-state index contributed by atoms with van der Waals surface area (Å²) < 4.78 is 5.14. The van der Waals surface area contributed by atoms with E-state index in [1.807, 2.05) is 11.3 Å². The second kappa shape index (κ2) is 9.54. The second-order valence-corrected chi connectivity index (χ2v) is 7.34. The molecule has 21 heavy (non-hydrogen) atoms. The smallest absolute Gasteiger partial charge is 0.0936 e. The van der Waals surface area contributed by atoms with Crippen LogP contribution in [-0.4, -0.2) is 31.8 Å². The molecule has 0 saturated heterocycles. The summed E-state index contributed by atoms with van der Waals surface area (Å²) in [5, 5.41) is 4.88. The number of nitrogens with one attached hydrogen (secondary N) is 1. The molecule has 1 rings (SSSR count). The Labute approximate surface area is 134 Å². The first-order valence-electron chi connectivity index (χ1n) is 8.19. The molecule has 0 aliphatic rings. The van der Waals surface area contributed by atoms with Gasteiger partial charge < -0.3 is 10.1 Å². The third-order valence-corrected chi connectivity index (χ3v) is 5.47. The summed E-state index contributed by atoms with van der Waals surface area (Å²) >= 11 is 1.87. The van der Waals surface area contributed by atoms with E-state index in [4.69, 9.17) is 9.72 Å². The summed E-state index contributed by atoms with van der Waals surface area (Å²) in [5.41, 5.74) is 1.53. The van der Waals surface area contributed by atoms with Crippen LogP contribution in [0.15, 0.2) is 0 Å². The summed E-state index contributed by atoms with van der Waals surface area (Å²) in [6, 6.07) is 0. The quantitative estimate of drug-likeness (QED) is 0.624. The number of aromatic nitrogens is 1. The maximum absolute atomic E-state index is 5.14. The predicted octanol–water partition coefficient (Wildman–Crippen LogP) is 4.13. The lowest BCUT2D eigenvalue weighted by molar-refractivity contribution is 0.182. The Kier molecular flexibility index (Phi) is 8.45. The fraction of sp³-hybridized carbons (Fsp3) is 0.824. The van der Waals surface area contributed by atoms with Crippen molar-refractivity contribution in [2.75, 3.05) is 26.8 Å². The minimum atomic E-state index is 0.334. The van der Waals surface area contributed by atoms with Gasteiger partial charge in [0.1, 0.15) is 0 Å². The summed E-state index contributed by atoms with van der Waals surface area (Å²) in [4.78, 5) is 6.12. The molecule has 0 aromatic carbocycles. The Morgan fingerprint density at radius 2 is 2.05 bits per heavy atom. The Hall–Kier alpha value is -0.450. The molecule has 0 aliphatic heterocycles. The zero-order valence-corrected chi connectivity index (χ0v) is 15.2. The van der Waals surface area contributed by atoms with Crippen molar-refractivity contribution in [1.82, 2.24) is 10.3 Å². The lowest BCUT2D eigenvalue weighted by Crippen LogP contribution is -2.37. The van der Waals surface area contributed by atoms with Gasteiger partial charge in [-0.3, -0.25) is 0 Å². The van der Waals surface area contributed by atoms with Crippen LogP contribution in [0.5, 0.6) is 0 Å². The second-order valence-electron chi connectivity index (χ2n) is 6.05. The van der Waals surface area contributed by atoms with Gasteiger partial charge in [0.05, 0.1) is 17.3 Å². The molecule has 4 heteroatoms. The lowest BCUT2D eigenvalue weighted by atomic mass is 9.77. The Bertz CT molecular complexity index is 386. The van der Waals surface area contributed by atoms with E-state index in [0.717, 1.165) is 26.1 Å². The van der Waals surface area contributed by atoms with Gasteiger partial charge in [-0.2, -0.15) is 0 Å². The summed E-state index contributed by atoms with van der Waals surface area (Å²) in [5.74, 6) is 0. The molecular weight excluding hydrogens is 280 g/mol. The molecule has 1 heterocycles. The molecule has 1 aromatic heterocycles. The van der Waals surface area contributed by atoms with E-state index in [1.165, 1.54) is 41.3 Å². The predicted molar refractivity (Wildman–Crippen MR) is 92.3 cm³/mol. The molecule has 1 N–H and O–H groups in total. The van der Waals surface area contributed by atoms with E-state index < -0.39 is 0 Å². The van der Waals surface area contributed by atoms with E-state index >= 15 is 0 Å². The normalized spacial score (nSPS) is 14.3. The lowest BCUT2D eigenvalue weighted by Gasteiger charge is -2.33. The van der Waals surface area contributed by atoms with Crippen LogP contribution >= 0.6 is 11.3 Å². The number of hydrogen-bond acceptors (Lipinski definition) is 4. The molecule has 1 unspecified atom stereocenters. The zero-order valence-electron chi connectivity index (χ0n) is 14.4. The van der Waals surface area contributed by atoms with Crippen LogP contribution in [0, 0.1) is 19.3 Å². The molecular formula is C17H32N2OS. The van der Waals surface area contributed by atoms with Gasteiger partial charge in [0.25, 0.3) is 0 Å². The van der Waals surface area contributed by atoms with Gasteiger partial charge in [0, 0.05) is 31.5 Å². The highest BCUT2D eigenvalue weighted by atomic mass is 32.1. The van der Waals surface area contributed by atoms with Crippen LogP contribution in [-0.2, 0) is 11.2 Å². The van der Waals surface area contributed by atoms with Gasteiger partial charge >= 0.3 is 0 Å². The first-order valence-corrected chi connectivity index (χ1v) is 9.01. The maximum atomic E-state index is 5.14. The van der Waals surface area contributed by atoms with Gasteiger partial charge in [-0.1, -0.05) is 26.7 Å². The van der Waals surface area contributed by atoms with Crippen LogP contribution in [0.2, 0.25) is 0 Å². The summed E-state index contributed by atoms with van der Waals surface area (Å²) in [6.07, 6.45) is 6.13. The van der Waals surface area contributed by atoms with Crippen LogP contribution in [0.4, 0.5) is 0 Å². The number of methoxy groups -OCH3 is 1. The average molecular weight is 313 g/mol. The topological polar surface area (TPSA) is 34.1 Å². The van der Waals surface area contributed by atoms with Crippen molar-refractivity contribution in [3.05, 3.63) is 15.6 Å². The van der Waals surface area contributed by atoms with Crippen molar-refractivity contribution in [2.24, 2.45) is 5.41 Å². The highest BCUT2D eigenvalue weighted by Crippen LogP contribution is 2.34. The van der Waals surface area contributed by atoms with Crippen LogP contribution < -0.4 is 5.32 Å². The van der Waals surface area contributed by atoms with E-state index in [2.05, 4.69) is 33.0 Å². The summed E-state index contributed by atoms with van der Waals surface area (Å²) in [7, 11) is 1.76. The van der Waals surface area contributed by atoms with Gasteiger partial charge in [-0.05, 0) is 32.1 Å². The Balaban J connectivity index is 2.73. The third kappa shape index (κ3) is 6.05. The van der Waals surface area contributed by atoms with E-state index in [9.17, 15) is 0 Å². The van der Waals surface area contributed by atoms with Crippen molar-refractivity contribution in [3.63, 3.8) is 0 Å². The van der Waals surface area contributed by atoms with Crippen LogP contribution in [0.1, 0.15) is 55.1 Å². The van der Waals surface area contributed by atoms with E-state index in [-0.39, 0.29) is 0 Å². The molecule has 1 aromatic rings. The SMILES string of the molecule is CCCCC(CC)(CNCCOC)Cc1nc(C)c(C)s1. The summed E-state index contributed by atoms with van der Waals surface area (Å²) in [6.45, 7) is 11.7. The van der Waals surface area contributed by atoms with Crippen LogP contribution in [0.25, 0.3) is 0 Å². The number of unbranched alkanes of at least 4 members (excludes halogenated alkanes) is 1. The fourth-order valence-corrected chi connectivity index (χ4v) is 3.79. The molecule has 3 nitrogen and oxygen atoms in total. The molecule has 0 amide bonds. The van der Waals surface area contributed by atoms with E-state index in [1.54, 1.807) is 7.11 Å². The number of nitrogens with zero attached hydrogens (tertiary/aromatic N) is 1. The van der Waals surface area contributed by atoms with Crippen molar-refractivity contribution >= 4 is 11.3 Å². The molecule has 1 atom stereocenters. The third-order valence-electron chi connectivity index (χ3n) is 4.39. The van der Waals surface area contributed by atoms with E-state index in [0.29, 0.717) is 5.41 Å². The monoisotopic (exact) mass is 312 g/mol. The fourth-order valence-electron chi connectivity index (χ4n) is 2.68. The zero-order chi connectivity index (χ0) is 15.7. The number of hydrogen-bond donors (Lipinski definition) is 1. The molecule has 122 valence electrons. The van der Waals surface area contributed by atoms with Gasteiger partial charge in [0.15, 0.2) is 0 Å². The van der Waals surface area contributed by atoms with Crippen molar-refractivity contribution in [3.8, 4) is 0 Å². The number of thiazole rings is 1. The number of aryl methyl sites for hydroxylation is 2. The van der Waals surface area contributed by atoms with Gasteiger partial charge in [-0.15, -0.1) is 11.3 Å². The largest absolute Gasteiger partial charge is 0.383 e. The highest BCUT2D eigenvalue weighted by molar-refractivity contribution is 7.11. The van der Waals surface area contributed by atoms with Crippen molar-refractivity contribution < 1.29 is 4.74 Å². The highest BCUT2D eigenvalue weighted by Gasteiger charge is 2.29. The molecule has 0 bridgehead atoms. The Morgan fingerprint density at radius 1 is 1.29 bits per heavy atom. The number of rotatable bonds is 11. The van der Waals surface area contributed by atoms with Crippen molar-refractivity contribution in [1.29, 1.82) is 0 Å². The number of ether oxygens (including phenoxy) is 1. The molecule has 0 radical (unpaired) electrons. The standard InChI is InChI=1S/C17H32N2OS/c1-6-8-9-17(7-2,13-18-10-11-20-5)12-16-19-14(3)15(4)21-16/h18H,6-13H2,1-5H3. The van der Waals surface area contributed by atoms with Crippen molar-refractivity contribution in [2.45, 2.75) is 59.8 Å². The molecule has 0 aliphatic carbocycles. The first kappa shape index (κ1) is 18.6. The minimum Gasteiger partial charge on any atom is -0.383 e. The average Bonchev–Trinajstić information content (AvgIpc) is 2.79.